The van der Waals surface area contributed by atoms with Crippen molar-refractivity contribution in [3.63, 3.8) is 0 Å². The second kappa shape index (κ2) is 6.95. The Morgan fingerprint density at radius 2 is 1.75 bits per heavy atom. The summed E-state index contributed by atoms with van der Waals surface area (Å²) in [5.74, 6) is 1.16. The number of hydrogen-bond donors (Lipinski definition) is 2. The van der Waals surface area contributed by atoms with Gasteiger partial charge in [0.2, 0.25) is 0 Å². The lowest BCUT2D eigenvalue weighted by atomic mass is 10.1. The van der Waals surface area contributed by atoms with Crippen molar-refractivity contribution in [3.05, 3.63) is 77.4 Å². The molecule has 0 atom stereocenters. The Morgan fingerprint density at radius 1 is 1.00 bits per heavy atom. The minimum absolute atomic E-state index is 0.428. The van der Waals surface area contributed by atoms with Crippen LogP contribution in [-0.2, 0) is 12.6 Å². The standard InChI is InChI=1S/C20H16F3N5/c1-12-4-2-3-5-13(12)10-16-27-17-18(24-11-25-19(17)28-16)26-15-8-6-14(7-9-15)20(21,22)23/h2-9,11H,10H2,1H3,(H2,24,25,26,27,28). The van der Waals surface area contributed by atoms with E-state index < -0.39 is 11.7 Å². The summed E-state index contributed by atoms with van der Waals surface area (Å²) in [6.45, 7) is 2.04. The molecule has 2 N–H and O–H groups in total. The zero-order chi connectivity index (χ0) is 19.7. The van der Waals surface area contributed by atoms with E-state index in [1.165, 1.54) is 18.5 Å². The van der Waals surface area contributed by atoms with Crippen LogP contribution in [0.15, 0.2) is 54.9 Å². The third-order valence-corrected chi connectivity index (χ3v) is 4.43. The van der Waals surface area contributed by atoms with E-state index in [9.17, 15) is 13.2 Å². The number of aromatic nitrogens is 4. The van der Waals surface area contributed by atoms with Gasteiger partial charge in [-0.3, -0.25) is 0 Å². The van der Waals surface area contributed by atoms with Gasteiger partial charge in [0.05, 0.1) is 5.56 Å². The van der Waals surface area contributed by atoms with Crippen molar-refractivity contribution in [2.24, 2.45) is 0 Å². The van der Waals surface area contributed by atoms with Crippen molar-refractivity contribution < 1.29 is 13.2 Å². The minimum atomic E-state index is -4.37. The largest absolute Gasteiger partial charge is 0.416 e. The molecule has 4 rings (SSSR count). The first-order valence-electron chi connectivity index (χ1n) is 8.58. The topological polar surface area (TPSA) is 66.5 Å². The number of hydrogen-bond acceptors (Lipinski definition) is 4. The second-order valence-corrected chi connectivity index (χ2v) is 6.41. The summed E-state index contributed by atoms with van der Waals surface area (Å²) >= 11 is 0. The van der Waals surface area contributed by atoms with Gasteiger partial charge in [-0.1, -0.05) is 24.3 Å². The summed E-state index contributed by atoms with van der Waals surface area (Å²) in [5.41, 5.74) is 3.19. The Kier molecular flexibility index (Phi) is 4.46. The fraction of sp³-hybridized carbons (Fsp3) is 0.150. The molecule has 28 heavy (non-hydrogen) atoms. The van der Waals surface area contributed by atoms with E-state index in [1.807, 2.05) is 31.2 Å². The number of aryl methyl sites for hydroxylation is 1. The summed E-state index contributed by atoms with van der Waals surface area (Å²) in [5, 5.41) is 3.01. The van der Waals surface area contributed by atoms with Crippen LogP contribution in [-0.4, -0.2) is 19.9 Å². The highest BCUT2D eigenvalue weighted by molar-refractivity contribution is 5.85. The predicted octanol–water partition coefficient (Wildman–Crippen LogP) is 5.01. The highest BCUT2D eigenvalue weighted by atomic mass is 19.4. The first-order valence-corrected chi connectivity index (χ1v) is 8.58. The Hall–Kier alpha value is -3.42. The molecule has 2 aromatic heterocycles. The van der Waals surface area contributed by atoms with Crippen molar-refractivity contribution in [1.29, 1.82) is 0 Å². The monoisotopic (exact) mass is 383 g/mol. The van der Waals surface area contributed by atoms with Gasteiger partial charge in [-0.15, -0.1) is 0 Å². The first kappa shape index (κ1) is 18.0. The molecule has 142 valence electrons. The van der Waals surface area contributed by atoms with E-state index in [1.54, 1.807) is 0 Å². The van der Waals surface area contributed by atoms with Gasteiger partial charge in [0, 0.05) is 12.1 Å². The van der Waals surface area contributed by atoms with Crippen LogP contribution < -0.4 is 5.32 Å². The lowest BCUT2D eigenvalue weighted by Gasteiger charge is -2.09. The molecule has 0 radical (unpaired) electrons. The van der Waals surface area contributed by atoms with Crippen molar-refractivity contribution in [2.45, 2.75) is 19.5 Å². The van der Waals surface area contributed by atoms with Gasteiger partial charge in [0.25, 0.3) is 0 Å². The van der Waals surface area contributed by atoms with Gasteiger partial charge in [0.1, 0.15) is 12.2 Å². The number of aromatic amines is 1. The van der Waals surface area contributed by atoms with Crippen molar-refractivity contribution in [2.75, 3.05) is 5.32 Å². The highest BCUT2D eigenvalue weighted by Crippen LogP contribution is 2.30. The van der Waals surface area contributed by atoms with Gasteiger partial charge in [0.15, 0.2) is 17.0 Å². The number of imidazole rings is 1. The molecule has 0 bridgehead atoms. The molecule has 0 saturated carbocycles. The number of benzene rings is 2. The Bertz CT molecular complexity index is 1120. The Balaban J connectivity index is 1.61. The van der Waals surface area contributed by atoms with Crippen LogP contribution in [0.5, 0.6) is 0 Å². The normalized spacial score (nSPS) is 11.7. The second-order valence-electron chi connectivity index (χ2n) is 6.41. The van der Waals surface area contributed by atoms with Crippen LogP contribution in [0, 0.1) is 6.92 Å². The van der Waals surface area contributed by atoms with E-state index in [4.69, 9.17) is 0 Å². The summed E-state index contributed by atoms with van der Waals surface area (Å²) in [4.78, 5) is 16.1. The zero-order valence-electron chi connectivity index (χ0n) is 14.9. The molecule has 0 aliphatic heterocycles. The molecule has 0 aliphatic carbocycles. The predicted molar refractivity (Wildman–Crippen MR) is 100 cm³/mol. The van der Waals surface area contributed by atoms with Crippen molar-refractivity contribution >= 4 is 22.7 Å². The number of nitrogens with one attached hydrogen (secondary N) is 2. The number of nitrogens with zero attached hydrogens (tertiary/aromatic N) is 3. The number of anilines is 2. The molecule has 0 fully saturated rings. The average Bonchev–Trinajstić information content (AvgIpc) is 3.07. The molecule has 2 aromatic carbocycles. The van der Waals surface area contributed by atoms with Gasteiger partial charge < -0.3 is 10.3 Å². The number of halogens is 3. The van der Waals surface area contributed by atoms with Crippen LogP contribution in [0.1, 0.15) is 22.5 Å². The van der Waals surface area contributed by atoms with Gasteiger partial charge in [-0.05, 0) is 42.3 Å². The molecule has 5 nitrogen and oxygen atoms in total. The molecule has 4 aromatic rings. The van der Waals surface area contributed by atoms with E-state index >= 15 is 0 Å². The van der Waals surface area contributed by atoms with Gasteiger partial charge in [-0.25, -0.2) is 15.0 Å². The maximum atomic E-state index is 12.7. The maximum absolute atomic E-state index is 12.7. The van der Waals surface area contributed by atoms with Crippen molar-refractivity contribution in [1.82, 2.24) is 19.9 Å². The third-order valence-electron chi connectivity index (χ3n) is 4.43. The molecule has 0 spiro atoms. The summed E-state index contributed by atoms with van der Waals surface area (Å²) in [7, 11) is 0. The SMILES string of the molecule is Cc1ccccc1Cc1nc2c(Nc3ccc(C(F)(F)F)cc3)ncnc2[nH]1. The van der Waals surface area contributed by atoms with E-state index in [-0.39, 0.29) is 0 Å². The lowest BCUT2D eigenvalue weighted by Crippen LogP contribution is -2.04. The van der Waals surface area contributed by atoms with E-state index in [2.05, 4.69) is 25.3 Å². The summed E-state index contributed by atoms with van der Waals surface area (Å²) in [6.07, 6.45) is -2.37. The average molecular weight is 383 g/mol. The van der Waals surface area contributed by atoms with Gasteiger partial charge >= 0.3 is 6.18 Å². The molecule has 0 aliphatic rings. The van der Waals surface area contributed by atoms with E-state index in [0.29, 0.717) is 29.1 Å². The molecule has 8 heteroatoms. The van der Waals surface area contributed by atoms with E-state index in [0.717, 1.165) is 29.1 Å². The number of alkyl halides is 3. The Labute approximate surface area is 158 Å². The summed E-state index contributed by atoms with van der Waals surface area (Å²) in [6, 6.07) is 12.8. The lowest BCUT2D eigenvalue weighted by molar-refractivity contribution is -0.137. The quantitative estimate of drug-likeness (QED) is 0.520. The molecule has 2 heterocycles. The van der Waals surface area contributed by atoms with Gasteiger partial charge in [-0.2, -0.15) is 13.2 Å². The molecular weight excluding hydrogens is 367 g/mol. The molecule has 0 saturated heterocycles. The Morgan fingerprint density at radius 3 is 2.46 bits per heavy atom. The zero-order valence-corrected chi connectivity index (χ0v) is 14.9. The number of rotatable bonds is 4. The fourth-order valence-electron chi connectivity index (χ4n) is 2.92. The minimum Gasteiger partial charge on any atom is -0.338 e. The number of H-pyrrole nitrogens is 1. The van der Waals surface area contributed by atoms with Crippen LogP contribution in [0.3, 0.4) is 0 Å². The van der Waals surface area contributed by atoms with Crippen LogP contribution in [0.4, 0.5) is 24.7 Å². The molecule has 0 unspecified atom stereocenters. The molecule has 0 amide bonds. The first-order chi connectivity index (χ1) is 13.4. The summed E-state index contributed by atoms with van der Waals surface area (Å²) < 4.78 is 38.1. The smallest absolute Gasteiger partial charge is 0.338 e. The maximum Gasteiger partial charge on any atom is 0.416 e. The number of fused-ring (bicyclic) bond motifs is 1. The highest BCUT2D eigenvalue weighted by Gasteiger charge is 2.30. The van der Waals surface area contributed by atoms with Crippen molar-refractivity contribution in [3.8, 4) is 0 Å². The van der Waals surface area contributed by atoms with Crippen LogP contribution in [0.2, 0.25) is 0 Å². The molecular formula is C20H16F3N5. The van der Waals surface area contributed by atoms with Crippen LogP contribution in [0.25, 0.3) is 11.2 Å². The van der Waals surface area contributed by atoms with Crippen LogP contribution >= 0.6 is 0 Å². The fourth-order valence-corrected chi connectivity index (χ4v) is 2.92. The third kappa shape index (κ3) is 3.66.